The van der Waals surface area contributed by atoms with Crippen molar-refractivity contribution in [1.29, 1.82) is 0 Å². The maximum absolute atomic E-state index is 11.6. The molecule has 2 saturated heterocycles. The van der Waals surface area contributed by atoms with Crippen LogP contribution in [0.15, 0.2) is 35.3 Å². The molecule has 3 heterocycles. The minimum Gasteiger partial charge on any atom is -0.475 e. The van der Waals surface area contributed by atoms with E-state index in [-0.39, 0.29) is 36.4 Å². The molecule has 146 valence electrons. The third kappa shape index (κ3) is 4.00. The van der Waals surface area contributed by atoms with Crippen LogP contribution in [0.25, 0.3) is 0 Å². The van der Waals surface area contributed by atoms with Gasteiger partial charge in [0.05, 0.1) is 12.7 Å². The van der Waals surface area contributed by atoms with E-state index in [0.717, 1.165) is 5.56 Å². The van der Waals surface area contributed by atoms with Crippen molar-refractivity contribution in [2.24, 2.45) is 4.99 Å². The Morgan fingerprint density at radius 2 is 1.96 bits per heavy atom. The van der Waals surface area contributed by atoms with Gasteiger partial charge in [-0.05, 0) is 26.0 Å². The van der Waals surface area contributed by atoms with Gasteiger partial charge >= 0.3 is 5.97 Å². The Morgan fingerprint density at radius 1 is 1.19 bits per heavy atom. The lowest BCUT2D eigenvalue weighted by Crippen LogP contribution is -2.39. The van der Waals surface area contributed by atoms with E-state index in [4.69, 9.17) is 28.7 Å². The number of carbonyl (C=O) groups is 1. The average molecular weight is 375 g/mol. The topological polar surface area (TPSA) is 75.6 Å². The van der Waals surface area contributed by atoms with E-state index >= 15 is 0 Å². The van der Waals surface area contributed by atoms with E-state index in [1.165, 1.54) is 6.92 Å². The molecule has 27 heavy (non-hydrogen) atoms. The number of ether oxygens (including phenoxy) is 5. The molecule has 0 aromatic heterocycles. The fraction of sp³-hybridized carbons (Fsp3) is 0.600. The molecular formula is C20H25NO6. The van der Waals surface area contributed by atoms with Crippen LogP contribution in [0, 0.1) is 0 Å². The van der Waals surface area contributed by atoms with Crippen molar-refractivity contribution in [2.75, 3.05) is 13.2 Å². The van der Waals surface area contributed by atoms with Gasteiger partial charge in [-0.2, -0.15) is 0 Å². The van der Waals surface area contributed by atoms with Crippen molar-refractivity contribution in [3.8, 4) is 0 Å². The monoisotopic (exact) mass is 375 g/mol. The molecule has 2 fully saturated rings. The highest BCUT2D eigenvalue weighted by Gasteiger charge is 2.50. The Bertz CT molecular complexity index is 718. The van der Waals surface area contributed by atoms with Gasteiger partial charge in [-0.3, -0.25) is 4.79 Å². The van der Waals surface area contributed by atoms with E-state index < -0.39 is 5.79 Å². The lowest BCUT2D eigenvalue weighted by molar-refractivity contribution is -0.170. The molecule has 7 heteroatoms. The van der Waals surface area contributed by atoms with Gasteiger partial charge in [0.25, 0.3) is 0 Å². The van der Waals surface area contributed by atoms with Gasteiger partial charge < -0.3 is 23.7 Å². The van der Waals surface area contributed by atoms with Crippen molar-refractivity contribution in [3.63, 3.8) is 0 Å². The molecule has 0 spiro atoms. The third-order valence-corrected chi connectivity index (χ3v) is 5.00. The molecule has 1 unspecified atom stereocenters. The zero-order valence-corrected chi connectivity index (χ0v) is 15.8. The van der Waals surface area contributed by atoms with E-state index in [2.05, 4.69) is 0 Å². The van der Waals surface area contributed by atoms with Crippen LogP contribution in [0.3, 0.4) is 0 Å². The fourth-order valence-electron chi connectivity index (χ4n) is 3.81. The Kier molecular flexibility index (Phi) is 4.92. The summed E-state index contributed by atoms with van der Waals surface area (Å²) in [5.74, 6) is -0.371. The van der Waals surface area contributed by atoms with E-state index in [1.807, 2.05) is 44.2 Å². The van der Waals surface area contributed by atoms with Gasteiger partial charge in [0.15, 0.2) is 5.79 Å². The van der Waals surface area contributed by atoms with Crippen LogP contribution in [0.1, 0.15) is 32.8 Å². The van der Waals surface area contributed by atoms with Crippen LogP contribution in [0.2, 0.25) is 0 Å². The molecule has 0 bridgehead atoms. The van der Waals surface area contributed by atoms with Gasteiger partial charge in [0.2, 0.25) is 5.90 Å². The fourth-order valence-corrected chi connectivity index (χ4v) is 3.81. The highest BCUT2D eigenvalue weighted by molar-refractivity contribution is 5.95. The number of aliphatic imine (C=N–C) groups is 1. The highest BCUT2D eigenvalue weighted by Crippen LogP contribution is 2.35. The normalized spacial score (nSPS) is 34.9. The molecule has 3 aliphatic heterocycles. The van der Waals surface area contributed by atoms with Crippen LogP contribution in [-0.2, 0) is 28.5 Å². The third-order valence-electron chi connectivity index (χ3n) is 5.00. The van der Waals surface area contributed by atoms with E-state index in [0.29, 0.717) is 25.5 Å². The zero-order valence-electron chi connectivity index (χ0n) is 15.8. The van der Waals surface area contributed by atoms with Gasteiger partial charge in [-0.25, -0.2) is 4.99 Å². The molecule has 0 aliphatic carbocycles. The first kappa shape index (κ1) is 18.4. The summed E-state index contributed by atoms with van der Waals surface area (Å²) in [5, 5.41) is 0. The summed E-state index contributed by atoms with van der Waals surface area (Å²) in [4.78, 5) is 16.3. The number of hydrogen-bond acceptors (Lipinski definition) is 7. The molecule has 3 aliphatic rings. The predicted molar refractivity (Wildman–Crippen MR) is 96.5 cm³/mol. The zero-order chi connectivity index (χ0) is 19.0. The first-order chi connectivity index (χ1) is 12.9. The number of rotatable bonds is 4. The summed E-state index contributed by atoms with van der Waals surface area (Å²) < 4.78 is 29.1. The van der Waals surface area contributed by atoms with Crippen LogP contribution in [0.4, 0.5) is 0 Å². The van der Waals surface area contributed by atoms with Crippen molar-refractivity contribution in [1.82, 2.24) is 0 Å². The lowest BCUT2D eigenvalue weighted by Gasteiger charge is -2.24. The highest BCUT2D eigenvalue weighted by atomic mass is 16.8. The Labute approximate surface area is 158 Å². The van der Waals surface area contributed by atoms with Gasteiger partial charge in [-0.15, -0.1) is 0 Å². The molecule has 4 rings (SSSR count). The standard InChI is InChI=1S/C20H25NO6/c1-12(22)25-16-9-15(26-18(16)17-11-24-20(2,3)27-17)14-10-23-19(21-14)13-7-5-4-6-8-13/h4-8,14-18H,9-11H2,1-3H3/t14?,15-,16+,17+,18-/m0/s1. The number of carbonyl (C=O) groups excluding carboxylic acids is 1. The molecule has 0 radical (unpaired) electrons. The second-order valence-electron chi connectivity index (χ2n) is 7.57. The van der Waals surface area contributed by atoms with Crippen molar-refractivity contribution < 1.29 is 28.5 Å². The van der Waals surface area contributed by atoms with Crippen LogP contribution < -0.4 is 0 Å². The van der Waals surface area contributed by atoms with Crippen LogP contribution >= 0.6 is 0 Å². The van der Waals surface area contributed by atoms with E-state index in [9.17, 15) is 4.79 Å². The number of nitrogens with zero attached hydrogens (tertiary/aromatic N) is 1. The van der Waals surface area contributed by atoms with Gasteiger partial charge in [0.1, 0.15) is 31.0 Å². The summed E-state index contributed by atoms with van der Waals surface area (Å²) in [6, 6.07) is 9.65. The number of hydrogen-bond donors (Lipinski definition) is 0. The molecule has 0 amide bonds. The smallest absolute Gasteiger partial charge is 0.302 e. The van der Waals surface area contributed by atoms with Crippen molar-refractivity contribution >= 4 is 11.9 Å². The second kappa shape index (κ2) is 7.22. The second-order valence-corrected chi connectivity index (χ2v) is 7.57. The van der Waals surface area contributed by atoms with Crippen molar-refractivity contribution in [2.45, 2.75) is 63.4 Å². The summed E-state index contributed by atoms with van der Waals surface area (Å²) in [6.45, 7) is 5.98. The maximum atomic E-state index is 11.6. The van der Waals surface area contributed by atoms with Gasteiger partial charge in [-0.1, -0.05) is 18.2 Å². The van der Waals surface area contributed by atoms with Crippen LogP contribution in [0.5, 0.6) is 0 Å². The summed E-state index contributed by atoms with van der Waals surface area (Å²) in [6.07, 6.45) is -0.686. The number of esters is 1. The SMILES string of the molecule is CC(=O)O[C@@H]1C[C@@H](C2COC(c3ccccc3)=N2)O[C@@H]1[C@H]1COC(C)(C)O1. The lowest BCUT2D eigenvalue weighted by atomic mass is 10.0. The molecule has 0 N–H and O–H groups in total. The Morgan fingerprint density at radius 3 is 2.63 bits per heavy atom. The largest absolute Gasteiger partial charge is 0.475 e. The minimum absolute atomic E-state index is 0.140. The minimum atomic E-state index is -0.665. The average Bonchev–Trinajstić information content (AvgIpc) is 3.33. The van der Waals surface area contributed by atoms with Crippen LogP contribution in [-0.4, -0.2) is 61.3 Å². The van der Waals surface area contributed by atoms with Gasteiger partial charge in [0, 0.05) is 18.9 Å². The summed E-state index contributed by atoms with van der Waals surface area (Å²) >= 11 is 0. The predicted octanol–water partition coefficient (Wildman–Crippen LogP) is 2.07. The molecule has 7 nitrogen and oxygen atoms in total. The van der Waals surface area contributed by atoms with E-state index in [1.54, 1.807) is 0 Å². The Hall–Kier alpha value is -1.96. The van der Waals surface area contributed by atoms with Crippen molar-refractivity contribution in [3.05, 3.63) is 35.9 Å². The Balaban J connectivity index is 1.48. The molecule has 1 aromatic rings. The first-order valence-electron chi connectivity index (χ1n) is 9.32. The summed E-state index contributed by atoms with van der Waals surface area (Å²) in [5.41, 5.74) is 0.945. The first-order valence-corrected chi connectivity index (χ1v) is 9.32. The molecule has 5 atom stereocenters. The molecule has 1 aromatic carbocycles. The quantitative estimate of drug-likeness (QED) is 0.750. The maximum Gasteiger partial charge on any atom is 0.302 e. The molecular weight excluding hydrogens is 350 g/mol. The summed E-state index contributed by atoms with van der Waals surface area (Å²) in [7, 11) is 0. The molecule has 0 saturated carbocycles. The number of benzene rings is 1.